The molecule has 0 fully saturated rings. The fourth-order valence-corrected chi connectivity index (χ4v) is 2.82. The third-order valence-corrected chi connectivity index (χ3v) is 4.04. The summed E-state index contributed by atoms with van der Waals surface area (Å²) in [7, 11) is 1.33. The van der Waals surface area contributed by atoms with E-state index in [2.05, 4.69) is 20.9 Å². The standard InChI is InChI=1S/C18H14BrNO3/c1-22-18(21)15-10-16(23-11-12-6-3-2-4-7-12)17-13(19)8-5-9-14(17)20-15/h2-10H,11H2,1H3. The summed E-state index contributed by atoms with van der Waals surface area (Å²) >= 11 is 3.52. The summed E-state index contributed by atoms with van der Waals surface area (Å²) in [4.78, 5) is 16.2. The highest BCUT2D eigenvalue weighted by atomic mass is 79.9. The minimum Gasteiger partial charge on any atom is -0.488 e. The summed E-state index contributed by atoms with van der Waals surface area (Å²) in [5.41, 5.74) is 1.94. The second-order valence-electron chi connectivity index (χ2n) is 4.91. The van der Waals surface area contributed by atoms with Gasteiger partial charge in [0.25, 0.3) is 0 Å². The van der Waals surface area contributed by atoms with Gasteiger partial charge >= 0.3 is 5.97 Å². The Morgan fingerprint density at radius 2 is 1.91 bits per heavy atom. The van der Waals surface area contributed by atoms with Crippen LogP contribution in [0.5, 0.6) is 5.75 Å². The van der Waals surface area contributed by atoms with Crippen LogP contribution in [0.15, 0.2) is 59.1 Å². The van der Waals surface area contributed by atoms with Crippen LogP contribution in [-0.2, 0) is 11.3 Å². The van der Waals surface area contributed by atoms with Crippen LogP contribution < -0.4 is 4.74 Å². The number of methoxy groups -OCH3 is 1. The molecule has 3 rings (SSSR count). The topological polar surface area (TPSA) is 48.4 Å². The summed E-state index contributed by atoms with van der Waals surface area (Å²) in [5.74, 6) is 0.100. The average molecular weight is 372 g/mol. The van der Waals surface area contributed by atoms with Crippen molar-refractivity contribution in [3.05, 3.63) is 70.3 Å². The van der Waals surface area contributed by atoms with Gasteiger partial charge in [-0.25, -0.2) is 9.78 Å². The number of rotatable bonds is 4. The molecule has 0 unspecified atom stereocenters. The first-order chi connectivity index (χ1) is 11.2. The van der Waals surface area contributed by atoms with Crippen LogP contribution in [0, 0.1) is 0 Å². The number of nitrogens with zero attached hydrogens (tertiary/aromatic N) is 1. The van der Waals surface area contributed by atoms with Crippen molar-refractivity contribution in [1.82, 2.24) is 4.98 Å². The van der Waals surface area contributed by atoms with E-state index in [1.165, 1.54) is 7.11 Å². The quantitative estimate of drug-likeness (QED) is 0.639. The van der Waals surface area contributed by atoms with Crippen LogP contribution in [0.1, 0.15) is 16.1 Å². The molecule has 0 N–H and O–H groups in total. The van der Waals surface area contributed by atoms with Crippen molar-refractivity contribution in [3.8, 4) is 5.75 Å². The molecule has 2 aromatic carbocycles. The maximum atomic E-state index is 11.8. The molecular weight excluding hydrogens is 358 g/mol. The maximum absolute atomic E-state index is 11.8. The van der Waals surface area contributed by atoms with Gasteiger partial charge in [-0.15, -0.1) is 0 Å². The lowest BCUT2D eigenvalue weighted by Crippen LogP contribution is -2.06. The Balaban J connectivity index is 2.04. The Bertz CT molecular complexity index is 850. The van der Waals surface area contributed by atoms with Crippen LogP contribution in [0.3, 0.4) is 0 Å². The number of hydrogen-bond donors (Lipinski definition) is 0. The van der Waals surface area contributed by atoms with Crippen molar-refractivity contribution >= 4 is 32.8 Å². The molecule has 1 aromatic heterocycles. The molecule has 3 aromatic rings. The first-order valence-electron chi connectivity index (χ1n) is 7.03. The van der Waals surface area contributed by atoms with E-state index in [1.807, 2.05) is 48.5 Å². The smallest absolute Gasteiger partial charge is 0.356 e. The number of halogens is 1. The molecule has 0 radical (unpaired) electrons. The third-order valence-electron chi connectivity index (χ3n) is 3.38. The van der Waals surface area contributed by atoms with Crippen LogP contribution in [0.25, 0.3) is 10.9 Å². The summed E-state index contributed by atoms with van der Waals surface area (Å²) in [6.07, 6.45) is 0. The summed E-state index contributed by atoms with van der Waals surface area (Å²) in [6, 6.07) is 17.1. The van der Waals surface area contributed by atoms with Gasteiger partial charge in [0, 0.05) is 10.5 Å². The lowest BCUT2D eigenvalue weighted by molar-refractivity contribution is 0.0594. The molecule has 0 spiro atoms. The molecule has 5 heteroatoms. The van der Waals surface area contributed by atoms with Gasteiger partial charge in [0.1, 0.15) is 12.4 Å². The van der Waals surface area contributed by atoms with E-state index in [-0.39, 0.29) is 5.69 Å². The van der Waals surface area contributed by atoms with Crippen molar-refractivity contribution in [1.29, 1.82) is 0 Å². The van der Waals surface area contributed by atoms with Gasteiger partial charge in [-0.05, 0) is 33.6 Å². The SMILES string of the molecule is COC(=O)c1cc(OCc2ccccc2)c2c(Br)cccc2n1. The number of aromatic nitrogens is 1. The van der Waals surface area contributed by atoms with E-state index in [9.17, 15) is 4.79 Å². The Labute approximate surface area is 142 Å². The molecule has 1 heterocycles. The Morgan fingerprint density at radius 1 is 1.13 bits per heavy atom. The minimum atomic E-state index is -0.489. The molecule has 0 aliphatic heterocycles. The van der Waals surface area contributed by atoms with E-state index >= 15 is 0 Å². The number of carbonyl (C=O) groups is 1. The molecule has 0 bridgehead atoms. The number of pyridine rings is 1. The van der Waals surface area contributed by atoms with E-state index < -0.39 is 5.97 Å². The average Bonchev–Trinajstić information content (AvgIpc) is 2.59. The zero-order valence-electron chi connectivity index (χ0n) is 12.5. The zero-order chi connectivity index (χ0) is 16.2. The van der Waals surface area contributed by atoms with E-state index in [4.69, 9.17) is 9.47 Å². The Kier molecular flexibility index (Phi) is 4.57. The van der Waals surface area contributed by atoms with Crippen molar-refractivity contribution in [2.75, 3.05) is 7.11 Å². The van der Waals surface area contributed by atoms with Gasteiger partial charge in [-0.3, -0.25) is 0 Å². The largest absolute Gasteiger partial charge is 0.488 e. The van der Waals surface area contributed by atoms with Gasteiger partial charge < -0.3 is 9.47 Å². The van der Waals surface area contributed by atoms with Crippen LogP contribution >= 0.6 is 15.9 Å². The summed E-state index contributed by atoms with van der Waals surface area (Å²) < 4.78 is 11.6. The highest BCUT2D eigenvalue weighted by Crippen LogP contribution is 2.32. The number of fused-ring (bicyclic) bond motifs is 1. The van der Waals surface area contributed by atoms with Gasteiger partial charge in [-0.1, -0.05) is 36.4 Å². The maximum Gasteiger partial charge on any atom is 0.356 e. The highest BCUT2D eigenvalue weighted by molar-refractivity contribution is 9.10. The highest BCUT2D eigenvalue weighted by Gasteiger charge is 2.15. The monoisotopic (exact) mass is 371 g/mol. The predicted octanol–water partition coefficient (Wildman–Crippen LogP) is 4.36. The van der Waals surface area contributed by atoms with Crippen molar-refractivity contribution in [2.45, 2.75) is 6.61 Å². The van der Waals surface area contributed by atoms with Crippen LogP contribution in [-0.4, -0.2) is 18.1 Å². The van der Waals surface area contributed by atoms with Crippen molar-refractivity contribution in [2.24, 2.45) is 0 Å². The van der Waals surface area contributed by atoms with Gasteiger partial charge in [0.15, 0.2) is 5.69 Å². The fraction of sp³-hybridized carbons (Fsp3) is 0.111. The molecule has 0 saturated heterocycles. The minimum absolute atomic E-state index is 0.223. The molecule has 0 saturated carbocycles. The van der Waals surface area contributed by atoms with E-state index in [1.54, 1.807) is 6.07 Å². The lowest BCUT2D eigenvalue weighted by atomic mass is 10.1. The zero-order valence-corrected chi connectivity index (χ0v) is 14.0. The first-order valence-corrected chi connectivity index (χ1v) is 7.82. The molecule has 116 valence electrons. The molecular formula is C18H14BrNO3. The molecule has 0 amide bonds. The third kappa shape index (κ3) is 3.35. The van der Waals surface area contributed by atoms with E-state index in [0.717, 1.165) is 15.4 Å². The summed E-state index contributed by atoms with van der Waals surface area (Å²) in [5, 5.41) is 0.830. The Hall–Kier alpha value is -2.40. The fourth-order valence-electron chi connectivity index (χ4n) is 2.27. The Morgan fingerprint density at radius 3 is 2.65 bits per heavy atom. The lowest BCUT2D eigenvalue weighted by Gasteiger charge is -2.12. The van der Waals surface area contributed by atoms with Crippen LogP contribution in [0.2, 0.25) is 0 Å². The number of esters is 1. The number of ether oxygens (including phenoxy) is 2. The number of hydrogen-bond acceptors (Lipinski definition) is 4. The van der Waals surface area contributed by atoms with Crippen LogP contribution in [0.4, 0.5) is 0 Å². The summed E-state index contributed by atoms with van der Waals surface area (Å²) in [6.45, 7) is 0.405. The molecule has 0 atom stereocenters. The van der Waals surface area contributed by atoms with Gasteiger partial charge in [0.2, 0.25) is 0 Å². The van der Waals surface area contributed by atoms with Gasteiger partial charge in [-0.2, -0.15) is 0 Å². The molecule has 0 aliphatic carbocycles. The number of carbonyl (C=O) groups excluding carboxylic acids is 1. The van der Waals surface area contributed by atoms with Crippen molar-refractivity contribution in [3.63, 3.8) is 0 Å². The molecule has 23 heavy (non-hydrogen) atoms. The first kappa shape index (κ1) is 15.5. The second kappa shape index (κ2) is 6.79. The predicted molar refractivity (Wildman–Crippen MR) is 91.6 cm³/mol. The second-order valence-corrected chi connectivity index (χ2v) is 5.76. The number of benzene rings is 2. The molecule has 4 nitrogen and oxygen atoms in total. The van der Waals surface area contributed by atoms with Crippen molar-refractivity contribution < 1.29 is 14.3 Å². The normalized spacial score (nSPS) is 10.5. The molecule has 0 aliphatic rings. The van der Waals surface area contributed by atoms with Gasteiger partial charge in [0.05, 0.1) is 18.0 Å². The van der Waals surface area contributed by atoms with E-state index in [0.29, 0.717) is 17.9 Å².